The lowest BCUT2D eigenvalue weighted by Gasteiger charge is -2.41. The molecule has 3 aliphatic heterocycles. The summed E-state index contributed by atoms with van der Waals surface area (Å²) in [6, 6.07) is 4.47. The first-order chi connectivity index (χ1) is 11.8. The fourth-order valence-electron chi connectivity index (χ4n) is 4.11. The van der Waals surface area contributed by atoms with Crippen LogP contribution in [-0.2, 0) is 20.9 Å². The van der Waals surface area contributed by atoms with Crippen LogP contribution < -0.4 is 0 Å². The van der Waals surface area contributed by atoms with Crippen molar-refractivity contribution in [3.63, 3.8) is 0 Å². The summed E-state index contributed by atoms with van der Waals surface area (Å²) >= 11 is 0. The van der Waals surface area contributed by atoms with Crippen LogP contribution in [0.3, 0.4) is 0 Å². The normalized spacial score (nSPS) is 31.0. The minimum absolute atomic E-state index is 0.0425. The lowest BCUT2D eigenvalue weighted by molar-refractivity contribution is -0.204. The highest BCUT2D eigenvalue weighted by Gasteiger charge is 2.43. The maximum atomic E-state index is 12.8. The number of carbonyl (C=O) groups is 1. The van der Waals surface area contributed by atoms with Gasteiger partial charge < -0.3 is 4.74 Å². The molecule has 0 N–H and O–H groups in total. The molecule has 1 amide bonds. The summed E-state index contributed by atoms with van der Waals surface area (Å²) in [5.74, 6) is 0.0824. The van der Waals surface area contributed by atoms with E-state index in [4.69, 9.17) is 9.57 Å². The molecule has 1 aromatic heterocycles. The Labute approximate surface area is 142 Å². The van der Waals surface area contributed by atoms with Gasteiger partial charge in [0.25, 0.3) is 5.91 Å². The summed E-state index contributed by atoms with van der Waals surface area (Å²) < 4.78 is 5.92. The van der Waals surface area contributed by atoms with E-state index in [9.17, 15) is 4.79 Å². The number of likely N-dealkylation sites (tertiary alicyclic amines) is 1. The van der Waals surface area contributed by atoms with E-state index >= 15 is 0 Å². The molecule has 1 aromatic rings. The summed E-state index contributed by atoms with van der Waals surface area (Å²) in [5, 5.41) is 1.59. The van der Waals surface area contributed by atoms with Crippen LogP contribution in [0.4, 0.5) is 0 Å². The lowest BCUT2D eigenvalue weighted by Crippen LogP contribution is -2.53. The molecule has 3 saturated heterocycles. The molecule has 6 nitrogen and oxygen atoms in total. The van der Waals surface area contributed by atoms with Crippen molar-refractivity contribution < 1.29 is 14.4 Å². The second-order valence-corrected chi connectivity index (χ2v) is 6.97. The molecule has 4 rings (SSSR count). The van der Waals surface area contributed by atoms with Crippen LogP contribution in [0.1, 0.15) is 31.2 Å². The van der Waals surface area contributed by atoms with Crippen molar-refractivity contribution >= 4 is 5.91 Å². The van der Waals surface area contributed by atoms with Crippen LogP contribution in [0.2, 0.25) is 0 Å². The topological polar surface area (TPSA) is 54.9 Å². The molecule has 4 heterocycles. The number of aromatic nitrogens is 1. The monoisotopic (exact) mass is 331 g/mol. The van der Waals surface area contributed by atoms with Gasteiger partial charge in [0, 0.05) is 44.7 Å². The van der Waals surface area contributed by atoms with E-state index in [2.05, 4.69) is 16.0 Å². The average molecular weight is 331 g/mol. The van der Waals surface area contributed by atoms with Crippen LogP contribution in [-0.4, -0.2) is 59.3 Å². The Kier molecular flexibility index (Phi) is 4.78. The number of nitrogens with zero attached hydrogens (tertiary/aromatic N) is 3. The van der Waals surface area contributed by atoms with Gasteiger partial charge in [0.05, 0.1) is 18.6 Å². The molecule has 130 valence electrons. The quantitative estimate of drug-likeness (QED) is 0.842. The lowest BCUT2D eigenvalue weighted by atomic mass is 9.89. The fraction of sp³-hybridized carbons (Fsp3) is 0.667. The molecule has 0 radical (unpaired) electrons. The zero-order chi connectivity index (χ0) is 16.4. The summed E-state index contributed by atoms with van der Waals surface area (Å²) in [6.45, 7) is 3.76. The van der Waals surface area contributed by atoms with Crippen LogP contribution >= 0.6 is 0 Å². The maximum absolute atomic E-state index is 12.8. The molecule has 0 saturated carbocycles. The molecular weight excluding hydrogens is 306 g/mol. The third-order valence-electron chi connectivity index (χ3n) is 5.32. The van der Waals surface area contributed by atoms with Gasteiger partial charge in [0.15, 0.2) is 0 Å². The van der Waals surface area contributed by atoms with Gasteiger partial charge in [-0.3, -0.25) is 19.5 Å². The molecule has 24 heavy (non-hydrogen) atoms. The second-order valence-electron chi connectivity index (χ2n) is 6.97. The Bertz CT molecular complexity index is 562. The van der Waals surface area contributed by atoms with Gasteiger partial charge >= 0.3 is 0 Å². The predicted octanol–water partition coefficient (Wildman–Crippen LogP) is 1.61. The number of piperidine rings is 1. The van der Waals surface area contributed by atoms with Crippen molar-refractivity contribution in [2.45, 2.75) is 44.4 Å². The van der Waals surface area contributed by atoms with Crippen molar-refractivity contribution in [2.24, 2.45) is 5.92 Å². The molecule has 0 bridgehead atoms. The van der Waals surface area contributed by atoms with Crippen LogP contribution in [0.5, 0.6) is 0 Å². The standard InChI is InChI=1S/C18H25N3O3/c22-18(21-7-1-2-8-24-21)15-10-17-16(5-9-23-17)20(13-15)12-14-4-3-6-19-11-14/h3-4,6,11,15-17H,1-2,5,7-10,12-13H2/t15-,16+,17+/m0/s1. The Morgan fingerprint density at radius 2 is 2.29 bits per heavy atom. The number of pyridine rings is 1. The first-order valence-corrected chi connectivity index (χ1v) is 9.00. The zero-order valence-corrected chi connectivity index (χ0v) is 14.0. The van der Waals surface area contributed by atoms with Gasteiger partial charge in [-0.15, -0.1) is 0 Å². The smallest absolute Gasteiger partial charge is 0.250 e. The van der Waals surface area contributed by atoms with Crippen molar-refractivity contribution in [3.05, 3.63) is 30.1 Å². The SMILES string of the molecule is O=C([C@H]1C[C@H]2OCC[C@H]2N(Cc2cccnc2)C1)N1CCCCO1. The van der Waals surface area contributed by atoms with Gasteiger partial charge in [-0.05, 0) is 37.3 Å². The molecule has 0 spiro atoms. The van der Waals surface area contributed by atoms with E-state index in [-0.39, 0.29) is 17.9 Å². The van der Waals surface area contributed by atoms with E-state index in [1.807, 2.05) is 12.3 Å². The van der Waals surface area contributed by atoms with Gasteiger partial charge in [-0.2, -0.15) is 0 Å². The van der Waals surface area contributed by atoms with Gasteiger partial charge in [-0.1, -0.05) is 6.07 Å². The van der Waals surface area contributed by atoms with Gasteiger partial charge in [-0.25, -0.2) is 5.06 Å². The van der Waals surface area contributed by atoms with E-state index in [1.165, 1.54) is 5.56 Å². The zero-order valence-electron chi connectivity index (χ0n) is 14.0. The van der Waals surface area contributed by atoms with E-state index in [0.29, 0.717) is 19.2 Å². The van der Waals surface area contributed by atoms with E-state index < -0.39 is 0 Å². The third-order valence-corrected chi connectivity index (χ3v) is 5.32. The molecule has 0 unspecified atom stereocenters. The number of rotatable bonds is 3. The number of hydrogen-bond acceptors (Lipinski definition) is 5. The Balaban J connectivity index is 1.47. The molecular formula is C18H25N3O3. The molecule has 0 aromatic carbocycles. The van der Waals surface area contributed by atoms with E-state index in [0.717, 1.165) is 45.4 Å². The predicted molar refractivity (Wildman–Crippen MR) is 87.8 cm³/mol. The third kappa shape index (κ3) is 3.31. The Morgan fingerprint density at radius 3 is 3.08 bits per heavy atom. The number of carbonyl (C=O) groups excluding carboxylic acids is 1. The minimum atomic E-state index is -0.0425. The number of hydroxylamine groups is 2. The first-order valence-electron chi connectivity index (χ1n) is 9.00. The highest BCUT2D eigenvalue weighted by molar-refractivity contribution is 5.78. The van der Waals surface area contributed by atoms with Gasteiger partial charge in [0.2, 0.25) is 0 Å². The van der Waals surface area contributed by atoms with Crippen molar-refractivity contribution in [1.82, 2.24) is 14.9 Å². The average Bonchev–Trinajstić information content (AvgIpc) is 3.11. The number of hydrogen-bond donors (Lipinski definition) is 0. The highest BCUT2D eigenvalue weighted by Crippen LogP contribution is 2.33. The summed E-state index contributed by atoms with van der Waals surface area (Å²) in [5.41, 5.74) is 1.19. The second kappa shape index (κ2) is 7.17. The van der Waals surface area contributed by atoms with E-state index in [1.54, 1.807) is 11.3 Å². The minimum Gasteiger partial charge on any atom is -0.377 e. The van der Waals surface area contributed by atoms with Crippen LogP contribution in [0, 0.1) is 5.92 Å². The first kappa shape index (κ1) is 16.0. The molecule has 3 aliphatic rings. The maximum Gasteiger partial charge on any atom is 0.250 e. The highest BCUT2D eigenvalue weighted by atomic mass is 16.7. The van der Waals surface area contributed by atoms with Crippen molar-refractivity contribution in [1.29, 1.82) is 0 Å². The number of amides is 1. The molecule has 0 aliphatic carbocycles. The van der Waals surface area contributed by atoms with Crippen LogP contribution in [0.25, 0.3) is 0 Å². The van der Waals surface area contributed by atoms with Crippen molar-refractivity contribution in [3.8, 4) is 0 Å². The summed E-state index contributed by atoms with van der Waals surface area (Å²) in [4.78, 5) is 25.0. The Hall–Kier alpha value is -1.50. The summed E-state index contributed by atoms with van der Waals surface area (Å²) in [7, 11) is 0. The fourth-order valence-corrected chi connectivity index (χ4v) is 4.11. The molecule has 3 fully saturated rings. The number of ether oxygens (including phenoxy) is 1. The van der Waals surface area contributed by atoms with Crippen molar-refractivity contribution in [2.75, 3.05) is 26.3 Å². The molecule has 6 heteroatoms. The van der Waals surface area contributed by atoms with Gasteiger partial charge in [0.1, 0.15) is 0 Å². The largest absolute Gasteiger partial charge is 0.377 e. The summed E-state index contributed by atoms with van der Waals surface area (Å²) in [6.07, 6.45) is 7.79. The Morgan fingerprint density at radius 1 is 1.33 bits per heavy atom. The van der Waals surface area contributed by atoms with Crippen LogP contribution in [0.15, 0.2) is 24.5 Å². The molecule has 3 atom stereocenters. The number of fused-ring (bicyclic) bond motifs is 1.